The van der Waals surface area contributed by atoms with Gasteiger partial charge in [-0.1, -0.05) is 13.8 Å². The Hall–Kier alpha value is -1.73. The molecule has 0 aromatic carbocycles. The van der Waals surface area contributed by atoms with Gasteiger partial charge < -0.3 is 20.1 Å². The Balaban J connectivity index is 3.02. The van der Waals surface area contributed by atoms with E-state index in [0.717, 1.165) is 0 Å². The van der Waals surface area contributed by atoms with Crippen molar-refractivity contribution in [3.63, 3.8) is 0 Å². The van der Waals surface area contributed by atoms with E-state index in [1.54, 1.807) is 6.92 Å². The molecule has 0 fully saturated rings. The average molecular weight is 283 g/mol. The van der Waals surface area contributed by atoms with E-state index in [2.05, 4.69) is 15.3 Å². The van der Waals surface area contributed by atoms with Crippen LogP contribution in [0.2, 0.25) is 0 Å². The smallest absolute Gasteiger partial charge is 0.264 e. The van der Waals surface area contributed by atoms with E-state index in [9.17, 15) is 9.59 Å². The summed E-state index contributed by atoms with van der Waals surface area (Å²) in [5, 5.41) is 11.7. The van der Waals surface area contributed by atoms with Crippen molar-refractivity contribution in [3.05, 3.63) is 27.4 Å². The highest BCUT2D eigenvalue weighted by molar-refractivity contribution is 5.95. The molecule has 1 aromatic heterocycles. The fourth-order valence-corrected chi connectivity index (χ4v) is 1.75. The molecule has 0 aliphatic carbocycles. The van der Waals surface area contributed by atoms with Gasteiger partial charge in [0.1, 0.15) is 11.4 Å². The second-order valence-corrected chi connectivity index (χ2v) is 4.87. The van der Waals surface area contributed by atoms with Gasteiger partial charge in [0, 0.05) is 13.0 Å². The van der Waals surface area contributed by atoms with Gasteiger partial charge in [-0.15, -0.1) is 0 Å². The van der Waals surface area contributed by atoms with Crippen LogP contribution in [-0.4, -0.2) is 47.3 Å². The van der Waals surface area contributed by atoms with Crippen LogP contribution in [0, 0.1) is 6.92 Å². The lowest BCUT2D eigenvalue weighted by Gasteiger charge is -2.16. The zero-order valence-corrected chi connectivity index (χ0v) is 12.2. The van der Waals surface area contributed by atoms with Crippen molar-refractivity contribution in [2.45, 2.75) is 32.7 Å². The molecule has 0 aliphatic rings. The van der Waals surface area contributed by atoms with Crippen molar-refractivity contribution in [2.75, 3.05) is 20.3 Å². The molecular weight excluding hydrogens is 262 g/mol. The maximum atomic E-state index is 12.1. The summed E-state index contributed by atoms with van der Waals surface area (Å²) in [6, 6.07) is -0.559. The number of nitrogens with one attached hydrogen (secondary N) is 2. The highest BCUT2D eigenvalue weighted by Crippen LogP contribution is 2.08. The van der Waals surface area contributed by atoms with Gasteiger partial charge in [0.2, 0.25) is 0 Å². The minimum absolute atomic E-state index is 0.0380. The number of amides is 1. The Kier molecular flexibility index (Phi) is 5.84. The van der Waals surface area contributed by atoms with Crippen molar-refractivity contribution < 1.29 is 14.6 Å². The summed E-state index contributed by atoms with van der Waals surface area (Å²) in [6.07, 6.45) is 0. The Morgan fingerprint density at radius 1 is 1.50 bits per heavy atom. The van der Waals surface area contributed by atoms with E-state index >= 15 is 0 Å². The molecule has 20 heavy (non-hydrogen) atoms. The van der Waals surface area contributed by atoms with Crippen molar-refractivity contribution in [2.24, 2.45) is 0 Å². The highest BCUT2D eigenvalue weighted by Gasteiger charge is 2.20. The number of aliphatic hydroxyl groups is 1. The Morgan fingerprint density at radius 3 is 2.60 bits per heavy atom. The molecule has 0 spiro atoms. The molecular formula is C13H21N3O4. The fourth-order valence-electron chi connectivity index (χ4n) is 1.75. The minimum Gasteiger partial charge on any atom is -0.394 e. The standard InChI is InChI=1S/C13H21N3O4/c1-7(2)11-14-8(3)10(13(19)16-11)12(18)15-9(5-17)6-20-4/h7,9,17H,5-6H2,1-4H3,(H,15,18)(H,14,16,19). The lowest BCUT2D eigenvalue weighted by atomic mass is 10.1. The predicted molar refractivity (Wildman–Crippen MR) is 73.9 cm³/mol. The molecule has 0 saturated heterocycles. The second kappa shape index (κ2) is 7.16. The first kappa shape index (κ1) is 16.3. The number of aromatic amines is 1. The number of aryl methyl sites for hydroxylation is 1. The molecule has 7 nitrogen and oxygen atoms in total. The SMILES string of the molecule is COCC(CO)NC(=O)c1c(C)nc(C(C)C)[nH]c1=O. The van der Waals surface area contributed by atoms with Gasteiger partial charge in [0.15, 0.2) is 0 Å². The van der Waals surface area contributed by atoms with E-state index in [-0.39, 0.29) is 24.7 Å². The summed E-state index contributed by atoms with van der Waals surface area (Å²) >= 11 is 0. The lowest BCUT2D eigenvalue weighted by molar-refractivity contribution is 0.0837. The number of hydrogen-bond donors (Lipinski definition) is 3. The number of carbonyl (C=O) groups is 1. The maximum absolute atomic E-state index is 12.1. The van der Waals surface area contributed by atoms with Gasteiger partial charge in [-0.3, -0.25) is 9.59 Å². The van der Waals surface area contributed by atoms with Crippen LogP contribution in [0.1, 0.15) is 41.6 Å². The van der Waals surface area contributed by atoms with E-state index < -0.39 is 17.5 Å². The van der Waals surface area contributed by atoms with Crippen LogP contribution in [0.4, 0.5) is 0 Å². The topological polar surface area (TPSA) is 104 Å². The van der Waals surface area contributed by atoms with Crippen molar-refractivity contribution in [1.82, 2.24) is 15.3 Å². The first-order chi connectivity index (χ1) is 9.40. The van der Waals surface area contributed by atoms with E-state index in [0.29, 0.717) is 11.5 Å². The van der Waals surface area contributed by atoms with Gasteiger partial charge in [-0.05, 0) is 6.92 Å². The number of ether oxygens (including phenoxy) is 1. The molecule has 1 unspecified atom stereocenters. The molecule has 1 heterocycles. The Labute approximate surface area is 117 Å². The summed E-state index contributed by atoms with van der Waals surface area (Å²) in [5.74, 6) is 0.0412. The van der Waals surface area contributed by atoms with Gasteiger partial charge in [-0.25, -0.2) is 4.98 Å². The maximum Gasteiger partial charge on any atom is 0.264 e. The van der Waals surface area contributed by atoms with Gasteiger partial charge in [0.25, 0.3) is 11.5 Å². The number of methoxy groups -OCH3 is 1. The highest BCUT2D eigenvalue weighted by atomic mass is 16.5. The first-order valence-corrected chi connectivity index (χ1v) is 6.42. The first-order valence-electron chi connectivity index (χ1n) is 6.42. The number of rotatable bonds is 6. The average Bonchev–Trinajstić information content (AvgIpc) is 2.37. The van der Waals surface area contributed by atoms with Crippen LogP contribution < -0.4 is 10.9 Å². The minimum atomic E-state index is -0.567. The second-order valence-electron chi connectivity index (χ2n) is 4.87. The van der Waals surface area contributed by atoms with Crippen LogP contribution in [-0.2, 0) is 4.74 Å². The fraction of sp³-hybridized carbons (Fsp3) is 0.615. The normalized spacial score (nSPS) is 12.5. The predicted octanol–water partition coefficient (Wildman–Crippen LogP) is -0.0612. The zero-order chi connectivity index (χ0) is 15.3. The molecule has 0 radical (unpaired) electrons. The Bertz CT molecular complexity index is 525. The molecule has 3 N–H and O–H groups in total. The summed E-state index contributed by atoms with van der Waals surface area (Å²) in [7, 11) is 1.46. The number of aromatic nitrogens is 2. The van der Waals surface area contributed by atoms with Crippen LogP contribution in [0.3, 0.4) is 0 Å². The van der Waals surface area contributed by atoms with Gasteiger partial charge >= 0.3 is 0 Å². The van der Waals surface area contributed by atoms with E-state index in [1.165, 1.54) is 7.11 Å². The molecule has 0 saturated carbocycles. The number of carbonyl (C=O) groups excluding carboxylic acids is 1. The van der Waals surface area contributed by atoms with E-state index in [4.69, 9.17) is 9.84 Å². The van der Waals surface area contributed by atoms with Crippen molar-refractivity contribution in [1.29, 1.82) is 0 Å². The molecule has 7 heteroatoms. The largest absolute Gasteiger partial charge is 0.394 e. The third-order valence-corrected chi connectivity index (χ3v) is 2.82. The number of hydrogen-bond acceptors (Lipinski definition) is 5. The monoisotopic (exact) mass is 283 g/mol. The molecule has 1 aromatic rings. The number of H-pyrrole nitrogens is 1. The van der Waals surface area contributed by atoms with Crippen LogP contribution in [0.25, 0.3) is 0 Å². The van der Waals surface area contributed by atoms with Crippen molar-refractivity contribution in [3.8, 4) is 0 Å². The van der Waals surface area contributed by atoms with Crippen LogP contribution in [0.5, 0.6) is 0 Å². The van der Waals surface area contributed by atoms with Gasteiger partial charge in [-0.2, -0.15) is 0 Å². The molecule has 1 rings (SSSR count). The number of nitrogens with zero attached hydrogens (tertiary/aromatic N) is 1. The molecule has 1 atom stereocenters. The van der Waals surface area contributed by atoms with Crippen LogP contribution >= 0.6 is 0 Å². The zero-order valence-electron chi connectivity index (χ0n) is 12.2. The van der Waals surface area contributed by atoms with Gasteiger partial charge in [0.05, 0.1) is 24.9 Å². The summed E-state index contributed by atoms with van der Waals surface area (Å²) in [4.78, 5) is 30.9. The molecule has 0 bridgehead atoms. The molecule has 0 aliphatic heterocycles. The molecule has 1 amide bonds. The third-order valence-electron chi connectivity index (χ3n) is 2.82. The van der Waals surface area contributed by atoms with E-state index in [1.807, 2.05) is 13.8 Å². The van der Waals surface area contributed by atoms with Crippen molar-refractivity contribution >= 4 is 5.91 Å². The summed E-state index contributed by atoms with van der Waals surface area (Å²) in [5.41, 5.74) is -0.152. The third kappa shape index (κ3) is 3.88. The lowest BCUT2D eigenvalue weighted by Crippen LogP contribution is -2.43. The Morgan fingerprint density at radius 2 is 2.15 bits per heavy atom. The number of aliphatic hydroxyl groups excluding tert-OH is 1. The summed E-state index contributed by atoms with van der Waals surface area (Å²) in [6.45, 7) is 5.31. The molecule has 112 valence electrons. The quantitative estimate of drug-likeness (QED) is 0.678. The van der Waals surface area contributed by atoms with Crippen LogP contribution in [0.15, 0.2) is 4.79 Å². The summed E-state index contributed by atoms with van der Waals surface area (Å²) < 4.78 is 4.87.